The minimum atomic E-state index is -3.76. The van der Waals surface area contributed by atoms with Crippen LogP contribution in [0.25, 0.3) is 0 Å². The van der Waals surface area contributed by atoms with Gasteiger partial charge in [-0.3, -0.25) is 9.69 Å². The van der Waals surface area contributed by atoms with Crippen molar-refractivity contribution in [1.29, 1.82) is 0 Å². The summed E-state index contributed by atoms with van der Waals surface area (Å²) in [6, 6.07) is 22.0. The SMILES string of the molecule is CCN(CC)Cc1ccccc1CNC(=O)c1cc(S(=O)(=O)NCc2ccccc2)ccc1C. The number of hydrogen-bond acceptors (Lipinski definition) is 4. The first-order chi connectivity index (χ1) is 16.3. The number of benzene rings is 3. The quantitative estimate of drug-likeness (QED) is 0.431. The highest BCUT2D eigenvalue weighted by atomic mass is 32.2. The monoisotopic (exact) mass is 479 g/mol. The number of carbonyl (C=O) groups is 1. The lowest BCUT2D eigenvalue weighted by atomic mass is 10.1. The standard InChI is InChI=1S/C27H33N3O3S/c1-4-30(5-2)20-24-14-10-9-13-23(24)19-28-27(31)26-17-25(16-15-21(26)3)34(32,33)29-18-22-11-7-6-8-12-22/h6-17,29H,4-5,18-20H2,1-3H3,(H,28,31). The normalized spacial score (nSPS) is 11.5. The molecule has 0 radical (unpaired) electrons. The fraction of sp³-hybridized carbons (Fsp3) is 0.296. The van der Waals surface area contributed by atoms with Crippen molar-refractivity contribution in [2.75, 3.05) is 13.1 Å². The van der Waals surface area contributed by atoms with Crippen molar-refractivity contribution in [1.82, 2.24) is 14.9 Å². The van der Waals surface area contributed by atoms with Gasteiger partial charge < -0.3 is 5.32 Å². The van der Waals surface area contributed by atoms with E-state index in [0.29, 0.717) is 12.1 Å². The minimum absolute atomic E-state index is 0.0705. The maximum Gasteiger partial charge on any atom is 0.251 e. The summed E-state index contributed by atoms with van der Waals surface area (Å²) in [6.07, 6.45) is 0. The smallest absolute Gasteiger partial charge is 0.251 e. The number of rotatable bonds is 11. The van der Waals surface area contributed by atoms with Crippen molar-refractivity contribution in [3.05, 3.63) is 101 Å². The second kappa shape index (κ2) is 11.9. The van der Waals surface area contributed by atoms with E-state index in [9.17, 15) is 13.2 Å². The number of amides is 1. The molecule has 0 heterocycles. The van der Waals surface area contributed by atoms with Gasteiger partial charge in [0.25, 0.3) is 5.91 Å². The second-order valence-corrected chi connectivity index (χ2v) is 9.97. The van der Waals surface area contributed by atoms with E-state index in [0.717, 1.165) is 36.3 Å². The molecule has 3 aromatic carbocycles. The molecule has 1 amide bonds. The Morgan fingerprint density at radius 3 is 2.18 bits per heavy atom. The number of carbonyl (C=O) groups excluding carboxylic acids is 1. The van der Waals surface area contributed by atoms with Crippen molar-refractivity contribution in [3.63, 3.8) is 0 Å². The average molecular weight is 480 g/mol. The molecule has 0 aliphatic carbocycles. The fourth-order valence-electron chi connectivity index (χ4n) is 3.71. The second-order valence-electron chi connectivity index (χ2n) is 8.20. The Morgan fingerprint density at radius 2 is 1.50 bits per heavy atom. The van der Waals surface area contributed by atoms with Crippen LogP contribution in [0.5, 0.6) is 0 Å². The van der Waals surface area contributed by atoms with Gasteiger partial charge >= 0.3 is 0 Å². The summed E-state index contributed by atoms with van der Waals surface area (Å²) >= 11 is 0. The lowest BCUT2D eigenvalue weighted by molar-refractivity contribution is 0.0950. The number of nitrogens with one attached hydrogen (secondary N) is 2. The van der Waals surface area contributed by atoms with Crippen LogP contribution in [-0.2, 0) is 29.7 Å². The Kier molecular flexibility index (Phi) is 8.98. The van der Waals surface area contributed by atoms with Crippen LogP contribution in [0.1, 0.15) is 46.5 Å². The molecule has 3 rings (SSSR count). The van der Waals surface area contributed by atoms with Gasteiger partial charge in [0.15, 0.2) is 0 Å². The topological polar surface area (TPSA) is 78.5 Å². The molecular weight excluding hydrogens is 446 g/mol. The molecule has 0 atom stereocenters. The first-order valence-electron chi connectivity index (χ1n) is 11.6. The van der Waals surface area contributed by atoms with E-state index in [1.807, 2.05) is 48.5 Å². The van der Waals surface area contributed by atoms with Crippen LogP contribution in [0.15, 0.2) is 77.7 Å². The lowest BCUT2D eigenvalue weighted by Gasteiger charge is -2.20. The molecule has 0 aliphatic rings. The fourth-order valence-corrected chi connectivity index (χ4v) is 4.76. The van der Waals surface area contributed by atoms with E-state index < -0.39 is 10.0 Å². The van der Waals surface area contributed by atoms with E-state index in [1.54, 1.807) is 13.0 Å². The number of aryl methyl sites for hydroxylation is 1. The van der Waals surface area contributed by atoms with Crippen molar-refractivity contribution in [3.8, 4) is 0 Å². The van der Waals surface area contributed by atoms with Crippen LogP contribution in [0.2, 0.25) is 0 Å². The zero-order valence-electron chi connectivity index (χ0n) is 20.0. The van der Waals surface area contributed by atoms with E-state index in [2.05, 4.69) is 34.9 Å². The Labute approximate surface area is 203 Å². The third-order valence-corrected chi connectivity index (χ3v) is 7.32. The molecule has 0 fully saturated rings. The molecule has 0 saturated heterocycles. The van der Waals surface area contributed by atoms with Gasteiger partial charge in [-0.2, -0.15) is 0 Å². The Bertz CT molecular complexity index is 1210. The van der Waals surface area contributed by atoms with Gasteiger partial charge in [-0.15, -0.1) is 0 Å². The molecule has 0 unspecified atom stereocenters. The van der Waals surface area contributed by atoms with Crippen LogP contribution in [0, 0.1) is 6.92 Å². The summed E-state index contributed by atoms with van der Waals surface area (Å²) in [5.41, 5.74) is 4.15. The highest BCUT2D eigenvalue weighted by Gasteiger charge is 2.18. The van der Waals surface area contributed by atoms with Crippen molar-refractivity contribution < 1.29 is 13.2 Å². The first kappa shape index (κ1) is 25.6. The van der Waals surface area contributed by atoms with Crippen molar-refractivity contribution in [2.45, 2.75) is 45.3 Å². The molecule has 0 aliphatic heterocycles. The van der Waals surface area contributed by atoms with Crippen LogP contribution >= 0.6 is 0 Å². The third kappa shape index (κ3) is 6.76. The molecule has 0 saturated carbocycles. The summed E-state index contributed by atoms with van der Waals surface area (Å²) in [7, 11) is -3.76. The largest absolute Gasteiger partial charge is 0.348 e. The summed E-state index contributed by atoms with van der Waals surface area (Å²) < 4.78 is 28.3. The molecule has 34 heavy (non-hydrogen) atoms. The highest BCUT2D eigenvalue weighted by molar-refractivity contribution is 7.89. The lowest BCUT2D eigenvalue weighted by Crippen LogP contribution is -2.27. The van der Waals surface area contributed by atoms with E-state index in [4.69, 9.17) is 0 Å². The van der Waals surface area contributed by atoms with Gasteiger partial charge in [0.05, 0.1) is 4.90 Å². The third-order valence-electron chi connectivity index (χ3n) is 5.92. The Balaban J connectivity index is 1.72. The zero-order valence-corrected chi connectivity index (χ0v) is 20.9. The molecule has 0 spiro atoms. The predicted octanol–water partition coefficient (Wildman–Crippen LogP) is 4.25. The summed E-state index contributed by atoms with van der Waals surface area (Å²) in [4.78, 5) is 15.4. The van der Waals surface area contributed by atoms with E-state index in [-0.39, 0.29) is 17.3 Å². The molecule has 3 aromatic rings. The molecule has 6 nitrogen and oxygen atoms in total. The van der Waals surface area contributed by atoms with E-state index >= 15 is 0 Å². The maximum absolute atomic E-state index is 13.0. The van der Waals surface area contributed by atoms with Crippen LogP contribution in [0.3, 0.4) is 0 Å². The zero-order chi connectivity index (χ0) is 24.6. The van der Waals surface area contributed by atoms with Gasteiger partial charge in [-0.05, 0) is 54.4 Å². The molecular formula is C27H33N3O3S. The summed E-state index contributed by atoms with van der Waals surface area (Å²) in [5, 5.41) is 2.97. The summed E-state index contributed by atoms with van der Waals surface area (Å²) in [5.74, 6) is -0.296. The average Bonchev–Trinajstić information content (AvgIpc) is 2.86. The van der Waals surface area contributed by atoms with Crippen LogP contribution in [-0.4, -0.2) is 32.3 Å². The summed E-state index contributed by atoms with van der Waals surface area (Å²) in [6.45, 7) is 9.35. The maximum atomic E-state index is 13.0. The Hall–Kier alpha value is -3.00. The molecule has 7 heteroatoms. The van der Waals surface area contributed by atoms with Gasteiger partial charge in [0, 0.05) is 25.2 Å². The predicted molar refractivity (Wildman–Crippen MR) is 136 cm³/mol. The first-order valence-corrected chi connectivity index (χ1v) is 13.0. The van der Waals surface area contributed by atoms with Crippen LogP contribution < -0.4 is 10.0 Å². The van der Waals surface area contributed by atoms with Gasteiger partial charge in [0.2, 0.25) is 10.0 Å². The number of sulfonamides is 1. The van der Waals surface area contributed by atoms with Gasteiger partial charge in [0.1, 0.15) is 0 Å². The number of hydrogen-bond donors (Lipinski definition) is 2. The molecule has 0 bridgehead atoms. The van der Waals surface area contributed by atoms with Crippen LogP contribution in [0.4, 0.5) is 0 Å². The molecule has 180 valence electrons. The van der Waals surface area contributed by atoms with Crippen molar-refractivity contribution in [2.24, 2.45) is 0 Å². The van der Waals surface area contributed by atoms with E-state index in [1.165, 1.54) is 17.7 Å². The molecule has 0 aromatic heterocycles. The molecule has 2 N–H and O–H groups in total. The Morgan fingerprint density at radius 1 is 0.853 bits per heavy atom. The number of nitrogens with zero attached hydrogens (tertiary/aromatic N) is 1. The highest BCUT2D eigenvalue weighted by Crippen LogP contribution is 2.17. The van der Waals surface area contributed by atoms with Crippen molar-refractivity contribution >= 4 is 15.9 Å². The van der Waals surface area contributed by atoms with Gasteiger partial charge in [-0.25, -0.2) is 13.1 Å². The van der Waals surface area contributed by atoms with Gasteiger partial charge in [-0.1, -0.05) is 74.5 Å². The minimum Gasteiger partial charge on any atom is -0.348 e.